The lowest BCUT2D eigenvalue weighted by Crippen LogP contribution is -2.47. The first-order valence-corrected chi connectivity index (χ1v) is 8.06. The molecule has 1 rings (SSSR count). The minimum Gasteiger partial charge on any atom is -0.480 e. The topological polar surface area (TPSA) is 43.8 Å². The molecule has 0 aliphatic carbocycles. The zero-order valence-electron chi connectivity index (χ0n) is 13.7. The number of likely N-dealkylation sites (tertiary alicyclic amines) is 1. The molecule has 4 heteroatoms. The van der Waals surface area contributed by atoms with E-state index in [4.69, 9.17) is 5.11 Å². The highest BCUT2D eigenvalue weighted by atomic mass is 16.4. The highest BCUT2D eigenvalue weighted by Crippen LogP contribution is 2.25. The molecule has 0 aromatic rings. The number of rotatable bonds is 8. The van der Waals surface area contributed by atoms with Crippen molar-refractivity contribution in [2.24, 2.45) is 5.41 Å². The van der Waals surface area contributed by atoms with Crippen molar-refractivity contribution in [2.45, 2.75) is 59.4 Å². The third kappa shape index (κ3) is 5.80. The Hall–Kier alpha value is -0.610. The molecule has 1 aliphatic rings. The van der Waals surface area contributed by atoms with Crippen LogP contribution < -0.4 is 0 Å². The maximum Gasteiger partial charge on any atom is 0.317 e. The van der Waals surface area contributed by atoms with Gasteiger partial charge in [-0.3, -0.25) is 9.69 Å². The Kier molecular flexibility index (Phi) is 6.96. The number of likely N-dealkylation sites (N-methyl/N-ethyl adjacent to an activating group) is 1. The van der Waals surface area contributed by atoms with Gasteiger partial charge in [-0.1, -0.05) is 34.1 Å². The van der Waals surface area contributed by atoms with Crippen molar-refractivity contribution in [1.82, 2.24) is 9.80 Å². The van der Waals surface area contributed by atoms with Gasteiger partial charge in [-0.05, 0) is 50.9 Å². The molecule has 0 radical (unpaired) electrons. The van der Waals surface area contributed by atoms with E-state index < -0.39 is 5.97 Å². The van der Waals surface area contributed by atoms with Gasteiger partial charge in [-0.25, -0.2) is 0 Å². The number of carboxylic acid groups (broad SMARTS) is 1. The summed E-state index contributed by atoms with van der Waals surface area (Å²) >= 11 is 0. The first-order chi connectivity index (χ1) is 9.38. The summed E-state index contributed by atoms with van der Waals surface area (Å²) in [6.45, 7) is 13.4. The summed E-state index contributed by atoms with van der Waals surface area (Å²) in [7, 11) is 0. The standard InChI is InChI=1S/C16H32N2O2/c1-5-16(3,4)9-12-17-10-7-14(8-11-17)18(6-2)13-15(19)20/h14H,5-13H2,1-4H3,(H,19,20). The molecule has 0 aromatic heterocycles. The van der Waals surface area contributed by atoms with Gasteiger partial charge in [0.25, 0.3) is 0 Å². The molecule has 0 saturated carbocycles. The SMILES string of the molecule is CCN(CC(=O)O)C1CCN(CCC(C)(C)CC)CC1. The Morgan fingerprint density at radius 2 is 1.90 bits per heavy atom. The van der Waals surface area contributed by atoms with E-state index in [1.165, 1.54) is 19.4 Å². The number of carbonyl (C=O) groups is 1. The van der Waals surface area contributed by atoms with Crippen molar-refractivity contribution >= 4 is 5.97 Å². The molecule has 4 nitrogen and oxygen atoms in total. The van der Waals surface area contributed by atoms with Crippen molar-refractivity contribution in [2.75, 3.05) is 32.7 Å². The lowest BCUT2D eigenvalue weighted by molar-refractivity contribution is -0.139. The molecule has 1 fully saturated rings. The van der Waals surface area contributed by atoms with Crippen LogP contribution in [0.2, 0.25) is 0 Å². The average molecular weight is 284 g/mol. The predicted molar refractivity (Wildman–Crippen MR) is 83.0 cm³/mol. The lowest BCUT2D eigenvalue weighted by atomic mass is 9.86. The van der Waals surface area contributed by atoms with Gasteiger partial charge in [0, 0.05) is 6.04 Å². The molecular weight excluding hydrogens is 252 g/mol. The maximum absolute atomic E-state index is 10.9. The van der Waals surface area contributed by atoms with Crippen molar-refractivity contribution in [3.05, 3.63) is 0 Å². The van der Waals surface area contributed by atoms with E-state index in [0.717, 1.165) is 32.5 Å². The Labute approximate surface area is 124 Å². The van der Waals surface area contributed by atoms with Gasteiger partial charge in [0.1, 0.15) is 0 Å². The van der Waals surface area contributed by atoms with Crippen molar-refractivity contribution in [3.63, 3.8) is 0 Å². The highest BCUT2D eigenvalue weighted by Gasteiger charge is 2.25. The third-order valence-corrected chi connectivity index (χ3v) is 4.88. The minimum atomic E-state index is -0.709. The number of aliphatic carboxylic acids is 1. The third-order valence-electron chi connectivity index (χ3n) is 4.88. The van der Waals surface area contributed by atoms with Crippen LogP contribution in [0.25, 0.3) is 0 Å². The predicted octanol–water partition coefficient (Wildman–Crippen LogP) is 2.68. The highest BCUT2D eigenvalue weighted by molar-refractivity contribution is 5.69. The number of hydrogen-bond acceptors (Lipinski definition) is 3. The van der Waals surface area contributed by atoms with Crippen LogP contribution >= 0.6 is 0 Å². The summed E-state index contributed by atoms with van der Waals surface area (Å²) in [6, 6.07) is 0.450. The fourth-order valence-electron chi connectivity index (χ4n) is 2.82. The average Bonchev–Trinajstić information content (AvgIpc) is 2.43. The van der Waals surface area contributed by atoms with E-state index in [1.807, 2.05) is 0 Å². The quantitative estimate of drug-likeness (QED) is 0.744. The molecule has 0 bridgehead atoms. The van der Waals surface area contributed by atoms with Crippen LogP contribution in [0.5, 0.6) is 0 Å². The van der Waals surface area contributed by atoms with Crippen LogP contribution in [0, 0.1) is 5.41 Å². The van der Waals surface area contributed by atoms with Gasteiger partial charge in [0.2, 0.25) is 0 Å². The molecule has 1 saturated heterocycles. The summed E-state index contributed by atoms with van der Waals surface area (Å²) in [5.41, 5.74) is 0.440. The summed E-state index contributed by atoms with van der Waals surface area (Å²) in [5.74, 6) is -0.709. The Balaban J connectivity index is 2.33. The van der Waals surface area contributed by atoms with E-state index in [9.17, 15) is 4.79 Å². The summed E-state index contributed by atoms with van der Waals surface area (Å²) in [6.07, 6.45) is 4.69. The molecule has 118 valence electrons. The summed E-state index contributed by atoms with van der Waals surface area (Å²) < 4.78 is 0. The Bertz CT molecular complexity index is 297. The molecule has 0 amide bonds. The van der Waals surface area contributed by atoms with Crippen LogP contribution in [0.1, 0.15) is 53.4 Å². The molecular formula is C16H32N2O2. The molecule has 0 atom stereocenters. The van der Waals surface area contributed by atoms with Crippen LogP contribution in [0.3, 0.4) is 0 Å². The Morgan fingerprint density at radius 1 is 1.30 bits per heavy atom. The van der Waals surface area contributed by atoms with Gasteiger partial charge in [0.15, 0.2) is 0 Å². The molecule has 1 N–H and O–H groups in total. The molecule has 1 aliphatic heterocycles. The maximum atomic E-state index is 10.9. The smallest absolute Gasteiger partial charge is 0.317 e. The zero-order chi connectivity index (χ0) is 15.2. The van der Waals surface area contributed by atoms with E-state index in [1.54, 1.807) is 0 Å². The number of nitrogens with zero attached hydrogens (tertiary/aromatic N) is 2. The fourth-order valence-corrected chi connectivity index (χ4v) is 2.82. The molecule has 0 spiro atoms. The number of piperidine rings is 1. The fraction of sp³-hybridized carbons (Fsp3) is 0.938. The normalized spacial score (nSPS) is 18.6. The monoisotopic (exact) mass is 284 g/mol. The number of carboxylic acids is 1. The van der Waals surface area contributed by atoms with Gasteiger partial charge >= 0.3 is 5.97 Å². The second kappa shape index (κ2) is 7.99. The zero-order valence-corrected chi connectivity index (χ0v) is 13.7. The van der Waals surface area contributed by atoms with Crippen LogP contribution in [-0.2, 0) is 4.79 Å². The van der Waals surface area contributed by atoms with Crippen LogP contribution in [0.4, 0.5) is 0 Å². The van der Waals surface area contributed by atoms with E-state index in [-0.39, 0.29) is 6.54 Å². The van der Waals surface area contributed by atoms with Gasteiger partial charge in [-0.2, -0.15) is 0 Å². The molecule has 1 heterocycles. The van der Waals surface area contributed by atoms with E-state index in [2.05, 4.69) is 37.5 Å². The van der Waals surface area contributed by atoms with Crippen molar-refractivity contribution < 1.29 is 9.90 Å². The Morgan fingerprint density at radius 3 is 2.35 bits per heavy atom. The number of hydrogen-bond donors (Lipinski definition) is 1. The second-order valence-electron chi connectivity index (χ2n) is 6.80. The van der Waals surface area contributed by atoms with Crippen LogP contribution in [-0.4, -0.2) is 59.6 Å². The first kappa shape index (κ1) is 17.4. The molecule has 0 unspecified atom stereocenters. The lowest BCUT2D eigenvalue weighted by Gasteiger charge is -2.38. The van der Waals surface area contributed by atoms with E-state index in [0.29, 0.717) is 11.5 Å². The van der Waals surface area contributed by atoms with Crippen molar-refractivity contribution in [1.29, 1.82) is 0 Å². The van der Waals surface area contributed by atoms with Crippen LogP contribution in [0.15, 0.2) is 0 Å². The van der Waals surface area contributed by atoms with Gasteiger partial charge in [-0.15, -0.1) is 0 Å². The summed E-state index contributed by atoms with van der Waals surface area (Å²) in [5, 5.41) is 8.95. The minimum absolute atomic E-state index is 0.185. The van der Waals surface area contributed by atoms with E-state index >= 15 is 0 Å². The van der Waals surface area contributed by atoms with Gasteiger partial charge in [0.05, 0.1) is 6.54 Å². The second-order valence-corrected chi connectivity index (χ2v) is 6.80. The summed E-state index contributed by atoms with van der Waals surface area (Å²) in [4.78, 5) is 15.5. The molecule has 0 aromatic carbocycles. The first-order valence-electron chi connectivity index (χ1n) is 8.06. The molecule has 20 heavy (non-hydrogen) atoms. The van der Waals surface area contributed by atoms with Crippen molar-refractivity contribution in [3.8, 4) is 0 Å². The van der Waals surface area contributed by atoms with Gasteiger partial charge < -0.3 is 10.0 Å². The largest absolute Gasteiger partial charge is 0.480 e.